The van der Waals surface area contributed by atoms with E-state index in [1.807, 2.05) is 13.1 Å². The molecule has 0 heterocycles. The second-order valence-electron chi connectivity index (χ2n) is 4.08. The smallest absolute Gasteiger partial charge is 0.269 e. The maximum atomic E-state index is 10.7. The van der Waals surface area contributed by atoms with Crippen LogP contribution in [0.5, 0.6) is 0 Å². The predicted molar refractivity (Wildman–Crippen MR) is 65.9 cm³/mol. The molecule has 0 aliphatic heterocycles. The second-order valence-corrected chi connectivity index (χ2v) is 4.08. The van der Waals surface area contributed by atoms with Crippen LogP contribution in [-0.2, 0) is 6.42 Å². The molecule has 0 spiro atoms. The Labute approximate surface area is 100 Å². The van der Waals surface area contributed by atoms with E-state index in [1.165, 1.54) is 5.56 Å². The molecule has 0 radical (unpaired) electrons. The van der Waals surface area contributed by atoms with Crippen molar-refractivity contribution in [2.45, 2.75) is 18.8 Å². The lowest BCUT2D eigenvalue weighted by Crippen LogP contribution is -2.05. The molecule has 1 aromatic rings. The van der Waals surface area contributed by atoms with E-state index in [1.54, 1.807) is 12.1 Å². The van der Waals surface area contributed by atoms with E-state index in [0.717, 1.165) is 18.4 Å². The van der Waals surface area contributed by atoms with Crippen molar-refractivity contribution in [3.63, 3.8) is 0 Å². The Kier molecular flexibility index (Phi) is 3.40. The Morgan fingerprint density at radius 1 is 1.59 bits per heavy atom. The van der Waals surface area contributed by atoms with Crippen molar-refractivity contribution in [2.75, 3.05) is 13.6 Å². The van der Waals surface area contributed by atoms with Crippen molar-refractivity contribution in [2.24, 2.45) is 0 Å². The molecule has 88 valence electrons. The van der Waals surface area contributed by atoms with E-state index in [9.17, 15) is 10.1 Å². The van der Waals surface area contributed by atoms with Crippen molar-refractivity contribution >= 4 is 5.69 Å². The molecule has 0 amide bonds. The lowest BCUT2D eigenvalue weighted by atomic mass is 10.0. The number of nitro groups is 1. The van der Waals surface area contributed by atoms with Gasteiger partial charge in [-0.15, -0.1) is 0 Å². The number of hydrogen-bond donors (Lipinski definition) is 1. The summed E-state index contributed by atoms with van der Waals surface area (Å²) in [6, 6.07) is 5.09. The average Bonchev–Trinajstić information content (AvgIpc) is 2.72. The topological polar surface area (TPSA) is 55.2 Å². The number of hydrogen-bond acceptors (Lipinski definition) is 3. The van der Waals surface area contributed by atoms with Gasteiger partial charge in [-0.2, -0.15) is 0 Å². The van der Waals surface area contributed by atoms with E-state index < -0.39 is 0 Å². The first-order chi connectivity index (χ1) is 8.22. The number of nitrogens with one attached hydrogen (secondary N) is 1. The number of benzene rings is 1. The fourth-order valence-electron chi connectivity index (χ4n) is 2.12. The minimum Gasteiger partial charge on any atom is -0.309 e. The normalized spacial score (nSPS) is 17.1. The number of nitrogens with zero attached hydrogens (tertiary/aromatic N) is 1. The SMILES string of the molecule is CNCC#CC1CCc2ccc([N+](=O)[O-])cc21. The quantitative estimate of drug-likeness (QED) is 0.479. The Bertz CT molecular complexity index is 500. The molecule has 1 atom stereocenters. The maximum absolute atomic E-state index is 10.7. The van der Waals surface area contributed by atoms with Crippen LogP contribution in [0, 0.1) is 22.0 Å². The Balaban J connectivity index is 2.27. The highest BCUT2D eigenvalue weighted by Gasteiger charge is 2.23. The first kappa shape index (κ1) is 11.6. The molecule has 1 aliphatic carbocycles. The van der Waals surface area contributed by atoms with Crippen molar-refractivity contribution < 1.29 is 4.92 Å². The summed E-state index contributed by atoms with van der Waals surface area (Å²) in [5.41, 5.74) is 2.38. The lowest BCUT2D eigenvalue weighted by Gasteiger charge is -2.03. The summed E-state index contributed by atoms with van der Waals surface area (Å²) in [5, 5.41) is 13.7. The van der Waals surface area contributed by atoms with Crippen LogP contribution in [0.15, 0.2) is 18.2 Å². The zero-order valence-electron chi connectivity index (χ0n) is 9.69. The summed E-state index contributed by atoms with van der Waals surface area (Å²) in [6.45, 7) is 0.654. The van der Waals surface area contributed by atoms with Gasteiger partial charge in [0.2, 0.25) is 0 Å². The van der Waals surface area contributed by atoms with E-state index in [4.69, 9.17) is 0 Å². The van der Waals surface area contributed by atoms with Crippen LogP contribution >= 0.6 is 0 Å². The molecule has 1 aliphatic rings. The van der Waals surface area contributed by atoms with E-state index in [2.05, 4.69) is 17.2 Å². The first-order valence-electron chi connectivity index (χ1n) is 5.62. The fraction of sp³-hybridized carbons (Fsp3) is 0.385. The van der Waals surface area contributed by atoms with Gasteiger partial charge in [-0.3, -0.25) is 10.1 Å². The minimum absolute atomic E-state index is 0.151. The highest BCUT2D eigenvalue weighted by molar-refractivity contribution is 5.47. The van der Waals surface area contributed by atoms with Gasteiger partial charge in [-0.05, 0) is 31.0 Å². The molecule has 0 saturated heterocycles. The highest BCUT2D eigenvalue weighted by atomic mass is 16.6. The number of rotatable bonds is 2. The zero-order valence-corrected chi connectivity index (χ0v) is 9.69. The van der Waals surface area contributed by atoms with E-state index in [0.29, 0.717) is 6.54 Å². The van der Waals surface area contributed by atoms with Gasteiger partial charge in [0, 0.05) is 18.1 Å². The number of aryl methyl sites for hydroxylation is 1. The summed E-state index contributed by atoms with van der Waals surface area (Å²) in [5.74, 6) is 6.36. The van der Waals surface area contributed by atoms with Gasteiger partial charge in [0.1, 0.15) is 0 Å². The standard InChI is InChI=1S/C13H14N2O2/c1-14-8-2-3-10-4-5-11-6-7-12(15(16)17)9-13(10)11/h6-7,9-10,14H,4-5,8H2,1H3. The molecular formula is C13H14N2O2. The van der Waals surface area contributed by atoms with Gasteiger partial charge in [-0.25, -0.2) is 0 Å². The largest absolute Gasteiger partial charge is 0.309 e. The van der Waals surface area contributed by atoms with Gasteiger partial charge in [0.15, 0.2) is 0 Å². The van der Waals surface area contributed by atoms with E-state index in [-0.39, 0.29) is 16.5 Å². The monoisotopic (exact) mass is 230 g/mol. The fourth-order valence-corrected chi connectivity index (χ4v) is 2.12. The van der Waals surface area contributed by atoms with Gasteiger partial charge in [-0.1, -0.05) is 17.9 Å². The number of non-ortho nitro benzene ring substituents is 1. The molecule has 0 saturated carbocycles. The summed E-state index contributed by atoms with van der Waals surface area (Å²) in [6.07, 6.45) is 1.93. The molecule has 0 bridgehead atoms. The lowest BCUT2D eigenvalue weighted by molar-refractivity contribution is -0.384. The molecule has 1 unspecified atom stereocenters. The molecule has 0 aromatic heterocycles. The zero-order chi connectivity index (χ0) is 12.3. The molecule has 17 heavy (non-hydrogen) atoms. The Hall–Kier alpha value is -1.86. The third-order valence-corrected chi connectivity index (χ3v) is 2.96. The van der Waals surface area contributed by atoms with Crippen LogP contribution in [-0.4, -0.2) is 18.5 Å². The van der Waals surface area contributed by atoms with Crippen molar-refractivity contribution in [1.82, 2.24) is 5.32 Å². The van der Waals surface area contributed by atoms with Gasteiger partial charge >= 0.3 is 0 Å². The molecule has 2 rings (SSSR count). The average molecular weight is 230 g/mol. The van der Waals surface area contributed by atoms with Crippen LogP contribution in [0.2, 0.25) is 0 Å². The van der Waals surface area contributed by atoms with Crippen LogP contribution in [0.4, 0.5) is 5.69 Å². The van der Waals surface area contributed by atoms with Crippen molar-refractivity contribution in [1.29, 1.82) is 0 Å². The van der Waals surface area contributed by atoms with Gasteiger partial charge in [0.05, 0.1) is 11.5 Å². The van der Waals surface area contributed by atoms with Crippen LogP contribution in [0.25, 0.3) is 0 Å². The summed E-state index contributed by atoms with van der Waals surface area (Å²) < 4.78 is 0. The van der Waals surface area contributed by atoms with Crippen molar-refractivity contribution in [3.8, 4) is 11.8 Å². The summed E-state index contributed by atoms with van der Waals surface area (Å²) in [7, 11) is 1.85. The summed E-state index contributed by atoms with van der Waals surface area (Å²) >= 11 is 0. The predicted octanol–water partition coefficient (Wildman–Crippen LogP) is 1.85. The third kappa shape index (κ3) is 2.45. The van der Waals surface area contributed by atoms with Gasteiger partial charge < -0.3 is 5.32 Å². The molecule has 1 N–H and O–H groups in total. The molecule has 1 aromatic carbocycles. The molecule has 4 nitrogen and oxygen atoms in total. The van der Waals surface area contributed by atoms with Crippen LogP contribution < -0.4 is 5.32 Å². The number of nitro benzene ring substituents is 1. The summed E-state index contributed by atoms with van der Waals surface area (Å²) in [4.78, 5) is 10.4. The Morgan fingerprint density at radius 3 is 3.12 bits per heavy atom. The van der Waals surface area contributed by atoms with E-state index >= 15 is 0 Å². The highest BCUT2D eigenvalue weighted by Crippen LogP contribution is 2.34. The minimum atomic E-state index is -0.351. The van der Waals surface area contributed by atoms with Crippen molar-refractivity contribution in [3.05, 3.63) is 39.4 Å². The third-order valence-electron chi connectivity index (χ3n) is 2.96. The first-order valence-corrected chi connectivity index (χ1v) is 5.62. The van der Waals surface area contributed by atoms with Crippen LogP contribution in [0.3, 0.4) is 0 Å². The molecule has 4 heteroatoms. The van der Waals surface area contributed by atoms with Gasteiger partial charge in [0.25, 0.3) is 5.69 Å². The second kappa shape index (κ2) is 4.98. The molecular weight excluding hydrogens is 216 g/mol. The molecule has 0 fully saturated rings. The number of fused-ring (bicyclic) bond motifs is 1. The Morgan fingerprint density at radius 2 is 2.41 bits per heavy atom. The van der Waals surface area contributed by atoms with Crippen LogP contribution in [0.1, 0.15) is 23.5 Å². The maximum Gasteiger partial charge on any atom is 0.269 e.